The van der Waals surface area contributed by atoms with Gasteiger partial charge in [0.1, 0.15) is 11.6 Å². The lowest BCUT2D eigenvalue weighted by atomic mass is 10.3. The van der Waals surface area contributed by atoms with Crippen molar-refractivity contribution in [2.75, 3.05) is 7.11 Å². The van der Waals surface area contributed by atoms with E-state index in [1.165, 1.54) is 19.2 Å². The number of rotatable bonds is 1. The minimum atomic E-state index is -0.449. The fourth-order valence-corrected chi connectivity index (χ4v) is 0.730. The van der Waals surface area contributed by atoms with Crippen molar-refractivity contribution in [3.63, 3.8) is 0 Å². The third kappa shape index (κ3) is 1.68. The quantitative estimate of drug-likeness (QED) is 0.562. The standard InChI is InChI=1S/C8H6FNO/c1-10-7-3-6(9)4-8(5-7)11-2/h3-5H,2H3. The Morgan fingerprint density at radius 3 is 2.73 bits per heavy atom. The molecule has 0 heterocycles. The molecule has 0 radical (unpaired) electrons. The van der Waals surface area contributed by atoms with Crippen molar-refractivity contribution in [2.45, 2.75) is 0 Å². The first-order valence-corrected chi connectivity index (χ1v) is 2.98. The maximum absolute atomic E-state index is 12.6. The summed E-state index contributed by atoms with van der Waals surface area (Å²) in [6, 6.07) is 3.88. The zero-order valence-electron chi connectivity index (χ0n) is 5.97. The molecule has 0 aliphatic rings. The van der Waals surface area contributed by atoms with Crippen molar-refractivity contribution in [1.82, 2.24) is 0 Å². The van der Waals surface area contributed by atoms with Gasteiger partial charge in [0.2, 0.25) is 0 Å². The van der Waals surface area contributed by atoms with Crippen LogP contribution in [-0.4, -0.2) is 7.11 Å². The summed E-state index contributed by atoms with van der Waals surface area (Å²) in [6.45, 7) is 6.61. The summed E-state index contributed by atoms with van der Waals surface area (Å²) < 4.78 is 17.3. The predicted molar refractivity (Wildman–Crippen MR) is 39.2 cm³/mol. The van der Waals surface area contributed by atoms with Crippen LogP contribution in [0.2, 0.25) is 0 Å². The zero-order valence-corrected chi connectivity index (χ0v) is 5.97. The van der Waals surface area contributed by atoms with Gasteiger partial charge in [0.25, 0.3) is 0 Å². The molecule has 0 N–H and O–H groups in total. The van der Waals surface area contributed by atoms with Gasteiger partial charge in [-0.05, 0) is 12.1 Å². The lowest BCUT2D eigenvalue weighted by Gasteiger charge is -1.98. The van der Waals surface area contributed by atoms with Gasteiger partial charge in [0.15, 0.2) is 5.69 Å². The Bertz CT molecular complexity index is 303. The van der Waals surface area contributed by atoms with Crippen LogP contribution in [0.15, 0.2) is 18.2 Å². The van der Waals surface area contributed by atoms with Gasteiger partial charge in [-0.1, -0.05) is 0 Å². The van der Waals surface area contributed by atoms with Crippen molar-refractivity contribution >= 4 is 5.69 Å². The molecule has 0 saturated carbocycles. The van der Waals surface area contributed by atoms with E-state index in [0.29, 0.717) is 5.75 Å². The summed E-state index contributed by atoms with van der Waals surface area (Å²) in [6.07, 6.45) is 0. The maximum Gasteiger partial charge on any atom is 0.193 e. The largest absolute Gasteiger partial charge is 0.498 e. The summed E-state index contributed by atoms with van der Waals surface area (Å²) in [5, 5.41) is 0. The first kappa shape index (κ1) is 7.55. The minimum absolute atomic E-state index is 0.252. The molecule has 11 heavy (non-hydrogen) atoms. The topological polar surface area (TPSA) is 13.6 Å². The molecule has 0 unspecified atom stereocenters. The van der Waals surface area contributed by atoms with E-state index in [4.69, 9.17) is 11.3 Å². The van der Waals surface area contributed by atoms with Crippen LogP contribution in [0.4, 0.5) is 10.1 Å². The van der Waals surface area contributed by atoms with E-state index in [1.54, 1.807) is 0 Å². The number of hydrogen-bond acceptors (Lipinski definition) is 1. The molecule has 0 spiro atoms. The molecule has 1 aromatic carbocycles. The van der Waals surface area contributed by atoms with Gasteiger partial charge >= 0.3 is 0 Å². The molecule has 1 aromatic rings. The number of hydrogen-bond donors (Lipinski definition) is 0. The van der Waals surface area contributed by atoms with Gasteiger partial charge in [-0.25, -0.2) is 9.24 Å². The smallest absolute Gasteiger partial charge is 0.193 e. The molecular weight excluding hydrogens is 145 g/mol. The highest BCUT2D eigenvalue weighted by Crippen LogP contribution is 2.21. The Hall–Kier alpha value is -1.56. The van der Waals surface area contributed by atoms with Crippen molar-refractivity contribution in [3.8, 4) is 5.75 Å². The molecule has 0 aromatic heterocycles. The molecule has 0 amide bonds. The van der Waals surface area contributed by atoms with Gasteiger partial charge in [-0.3, -0.25) is 0 Å². The van der Waals surface area contributed by atoms with Gasteiger partial charge in [-0.2, -0.15) is 0 Å². The Kier molecular flexibility index (Phi) is 2.07. The van der Waals surface area contributed by atoms with Gasteiger partial charge in [0, 0.05) is 6.07 Å². The minimum Gasteiger partial charge on any atom is -0.498 e. The third-order valence-electron chi connectivity index (χ3n) is 1.22. The van der Waals surface area contributed by atoms with Gasteiger partial charge < -0.3 is 4.74 Å². The summed E-state index contributed by atoms with van der Waals surface area (Å²) >= 11 is 0. The second kappa shape index (κ2) is 3.02. The van der Waals surface area contributed by atoms with Crippen molar-refractivity contribution in [3.05, 3.63) is 35.4 Å². The Labute approximate surface area is 64.0 Å². The Morgan fingerprint density at radius 1 is 1.45 bits per heavy atom. The summed E-state index contributed by atoms with van der Waals surface area (Å²) in [5.74, 6) is -0.0775. The van der Waals surface area contributed by atoms with Crippen LogP contribution in [-0.2, 0) is 0 Å². The van der Waals surface area contributed by atoms with E-state index in [-0.39, 0.29) is 5.69 Å². The fourth-order valence-electron chi connectivity index (χ4n) is 0.730. The Morgan fingerprint density at radius 2 is 2.18 bits per heavy atom. The van der Waals surface area contributed by atoms with Crippen LogP contribution >= 0.6 is 0 Å². The first-order valence-electron chi connectivity index (χ1n) is 2.98. The SMILES string of the molecule is [C-]#[N+]c1cc(F)cc(OC)c1. The van der Waals surface area contributed by atoms with Gasteiger partial charge in [0.05, 0.1) is 13.7 Å². The lowest BCUT2D eigenvalue weighted by molar-refractivity contribution is 0.411. The molecule has 0 aliphatic heterocycles. The van der Waals surface area contributed by atoms with Crippen molar-refractivity contribution in [2.24, 2.45) is 0 Å². The average Bonchev–Trinajstić information content (AvgIpc) is 2.03. The number of benzene rings is 1. The predicted octanol–water partition coefficient (Wildman–Crippen LogP) is 2.39. The normalized spacial score (nSPS) is 8.82. The molecule has 56 valence electrons. The number of ether oxygens (including phenoxy) is 1. The Balaban J connectivity index is 3.15. The molecular formula is C8H6FNO. The van der Waals surface area contributed by atoms with E-state index in [2.05, 4.69) is 4.85 Å². The molecule has 3 heteroatoms. The summed E-state index contributed by atoms with van der Waals surface area (Å²) in [5.41, 5.74) is 0.252. The van der Waals surface area contributed by atoms with E-state index >= 15 is 0 Å². The fraction of sp³-hybridized carbons (Fsp3) is 0.125. The lowest BCUT2D eigenvalue weighted by Crippen LogP contribution is -1.82. The molecule has 0 bridgehead atoms. The third-order valence-corrected chi connectivity index (χ3v) is 1.22. The number of halogens is 1. The van der Waals surface area contributed by atoms with Crippen LogP contribution in [0.5, 0.6) is 5.75 Å². The van der Waals surface area contributed by atoms with Crippen molar-refractivity contribution < 1.29 is 9.13 Å². The van der Waals surface area contributed by atoms with Crippen LogP contribution < -0.4 is 4.74 Å². The highest BCUT2D eigenvalue weighted by atomic mass is 19.1. The zero-order chi connectivity index (χ0) is 8.27. The van der Waals surface area contributed by atoms with Crippen molar-refractivity contribution in [1.29, 1.82) is 0 Å². The first-order chi connectivity index (χ1) is 5.26. The molecule has 1 rings (SSSR count). The highest BCUT2D eigenvalue weighted by molar-refractivity contribution is 5.49. The van der Waals surface area contributed by atoms with Crippen LogP contribution in [0, 0.1) is 12.4 Å². The monoisotopic (exact) mass is 151 g/mol. The average molecular weight is 151 g/mol. The van der Waals surface area contributed by atoms with Crippen LogP contribution in [0.3, 0.4) is 0 Å². The van der Waals surface area contributed by atoms with E-state index in [1.807, 2.05) is 0 Å². The van der Waals surface area contributed by atoms with E-state index in [0.717, 1.165) is 6.07 Å². The van der Waals surface area contributed by atoms with Crippen LogP contribution in [0.25, 0.3) is 4.85 Å². The van der Waals surface area contributed by atoms with Crippen LogP contribution in [0.1, 0.15) is 0 Å². The highest BCUT2D eigenvalue weighted by Gasteiger charge is 1.98. The maximum atomic E-state index is 12.6. The number of methoxy groups -OCH3 is 1. The van der Waals surface area contributed by atoms with E-state index < -0.39 is 5.82 Å². The second-order valence-electron chi connectivity index (χ2n) is 1.96. The van der Waals surface area contributed by atoms with Gasteiger partial charge in [-0.15, -0.1) is 0 Å². The molecule has 0 aliphatic carbocycles. The van der Waals surface area contributed by atoms with E-state index in [9.17, 15) is 4.39 Å². The molecule has 2 nitrogen and oxygen atoms in total. The molecule has 0 atom stereocenters. The molecule has 0 saturated heterocycles. The summed E-state index contributed by atoms with van der Waals surface area (Å²) in [7, 11) is 1.43. The number of nitrogens with zero attached hydrogens (tertiary/aromatic N) is 1. The molecule has 0 fully saturated rings. The second-order valence-corrected chi connectivity index (χ2v) is 1.96. The summed E-state index contributed by atoms with van der Waals surface area (Å²) in [4.78, 5) is 3.07.